The monoisotopic (exact) mass is 291 g/mol. The number of carbonyl (C=O) groups is 2. The van der Waals surface area contributed by atoms with E-state index in [1.165, 1.54) is 0 Å². The molecule has 1 aromatic carbocycles. The summed E-state index contributed by atoms with van der Waals surface area (Å²) in [6.07, 6.45) is -0.512. The lowest BCUT2D eigenvalue weighted by Gasteiger charge is -2.25. The first kappa shape index (κ1) is 13.8. The van der Waals surface area contributed by atoms with Crippen LogP contribution in [-0.2, 0) is 14.3 Å². The lowest BCUT2D eigenvalue weighted by molar-refractivity contribution is -0.122. The molecule has 0 aromatic heterocycles. The second kappa shape index (κ2) is 5.71. The maximum atomic E-state index is 12.1. The first-order valence-electron chi connectivity index (χ1n) is 6.87. The molecule has 112 valence electrons. The van der Waals surface area contributed by atoms with Gasteiger partial charge in [0.1, 0.15) is 11.8 Å². The first-order chi connectivity index (χ1) is 10.1. The standard InChI is InChI=1S/C14H17N3O4/c1-8-13(18)17-10-6-9(2-3-12(10)21-8)16-14(19)11-7-20-5-4-15-11/h2-3,6,8,11,15H,4-5,7H2,1H3,(H,16,19)(H,17,18). The van der Waals surface area contributed by atoms with Crippen molar-refractivity contribution in [3.05, 3.63) is 18.2 Å². The maximum absolute atomic E-state index is 12.1. The van der Waals surface area contributed by atoms with Crippen LogP contribution in [0.1, 0.15) is 6.92 Å². The Morgan fingerprint density at radius 1 is 1.43 bits per heavy atom. The van der Waals surface area contributed by atoms with E-state index in [4.69, 9.17) is 9.47 Å². The number of ether oxygens (including phenoxy) is 2. The zero-order valence-electron chi connectivity index (χ0n) is 11.6. The minimum atomic E-state index is -0.512. The van der Waals surface area contributed by atoms with Crippen molar-refractivity contribution in [2.45, 2.75) is 19.1 Å². The molecule has 0 radical (unpaired) electrons. The van der Waals surface area contributed by atoms with Crippen molar-refractivity contribution in [2.24, 2.45) is 0 Å². The number of hydrogen-bond donors (Lipinski definition) is 3. The van der Waals surface area contributed by atoms with Crippen LogP contribution in [0.2, 0.25) is 0 Å². The fourth-order valence-corrected chi connectivity index (χ4v) is 2.25. The van der Waals surface area contributed by atoms with Crippen molar-refractivity contribution in [1.82, 2.24) is 5.32 Å². The van der Waals surface area contributed by atoms with E-state index in [0.29, 0.717) is 36.9 Å². The van der Waals surface area contributed by atoms with Crippen molar-refractivity contribution in [1.29, 1.82) is 0 Å². The topological polar surface area (TPSA) is 88.7 Å². The van der Waals surface area contributed by atoms with E-state index in [1.807, 2.05) is 0 Å². The minimum Gasteiger partial charge on any atom is -0.479 e. The highest BCUT2D eigenvalue weighted by molar-refractivity contribution is 6.00. The van der Waals surface area contributed by atoms with E-state index in [2.05, 4.69) is 16.0 Å². The summed E-state index contributed by atoms with van der Waals surface area (Å²) in [5.74, 6) is 0.235. The van der Waals surface area contributed by atoms with Gasteiger partial charge in [0.2, 0.25) is 5.91 Å². The average molecular weight is 291 g/mol. The van der Waals surface area contributed by atoms with Crippen LogP contribution in [0.4, 0.5) is 11.4 Å². The summed E-state index contributed by atoms with van der Waals surface area (Å²) in [5.41, 5.74) is 1.16. The fraction of sp³-hybridized carbons (Fsp3) is 0.429. The molecule has 2 aliphatic heterocycles. The molecule has 0 spiro atoms. The van der Waals surface area contributed by atoms with Gasteiger partial charge in [0.25, 0.3) is 5.91 Å². The number of nitrogens with one attached hydrogen (secondary N) is 3. The van der Waals surface area contributed by atoms with Gasteiger partial charge in [0.15, 0.2) is 6.10 Å². The molecule has 7 heteroatoms. The highest BCUT2D eigenvalue weighted by atomic mass is 16.5. The van der Waals surface area contributed by atoms with Gasteiger partial charge in [-0.15, -0.1) is 0 Å². The molecule has 0 saturated carbocycles. The average Bonchev–Trinajstić information content (AvgIpc) is 2.49. The molecule has 21 heavy (non-hydrogen) atoms. The van der Waals surface area contributed by atoms with Gasteiger partial charge < -0.3 is 25.4 Å². The van der Waals surface area contributed by atoms with Crippen molar-refractivity contribution in [3.8, 4) is 5.75 Å². The Hall–Kier alpha value is -2.12. The van der Waals surface area contributed by atoms with Gasteiger partial charge in [-0.2, -0.15) is 0 Å². The van der Waals surface area contributed by atoms with Crippen LogP contribution in [0.3, 0.4) is 0 Å². The van der Waals surface area contributed by atoms with Crippen LogP contribution in [-0.4, -0.2) is 43.7 Å². The lowest BCUT2D eigenvalue weighted by atomic mass is 10.2. The van der Waals surface area contributed by atoms with Crippen LogP contribution in [0.5, 0.6) is 5.75 Å². The molecular weight excluding hydrogens is 274 g/mol. The number of anilines is 2. The third-order valence-corrected chi connectivity index (χ3v) is 3.42. The minimum absolute atomic E-state index is 0.161. The van der Waals surface area contributed by atoms with Crippen molar-refractivity contribution in [3.63, 3.8) is 0 Å². The second-order valence-corrected chi connectivity index (χ2v) is 5.03. The molecule has 2 atom stereocenters. The summed E-state index contributed by atoms with van der Waals surface area (Å²) in [5, 5.41) is 8.63. The number of amides is 2. The van der Waals surface area contributed by atoms with Crippen molar-refractivity contribution < 1.29 is 19.1 Å². The summed E-state index contributed by atoms with van der Waals surface area (Å²) < 4.78 is 10.7. The Morgan fingerprint density at radius 2 is 2.29 bits per heavy atom. The predicted molar refractivity (Wildman–Crippen MR) is 76.4 cm³/mol. The molecule has 0 bridgehead atoms. The number of benzene rings is 1. The quantitative estimate of drug-likeness (QED) is 0.731. The van der Waals surface area contributed by atoms with Gasteiger partial charge in [-0.25, -0.2) is 0 Å². The SMILES string of the molecule is CC1Oc2ccc(NC(=O)C3COCCN3)cc2NC1=O. The molecular formula is C14H17N3O4. The molecule has 2 aliphatic rings. The van der Waals surface area contributed by atoms with Gasteiger partial charge in [-0.1, -0.05) is 0 Å². The van der Waals surface area contributed by atoms with Crippen LogP contribution in [0.25, 0.3) is 0 Å². The Morgan fingerprint density at radius 3 is 3.05 bits per heavy atom. The summed E-state index contributed by atoms with van der Waals surface area (Å²) in [4.78, 5) is 23.7. The molecule has 1 fully saturated rings. The first-order valence-corrected chi connectivity index (χ1v) is 6.87. The van der Waals surface area contributed by atoms with Crippen LogP contribution in [0.15, 0.2) is 18.2 Å². The van der Waals surface area contributed by atoms with E-state index in [0.717, 1.165) is 0 Å². The lowest BCUT2D eigenvalue weighted by Crippen LogP contribution is -2.48. The highest BCUT2D eigenvalue weighted by Gasteiger charge is 2.25. The third kappa shape index (κ3) is 2.98. The maximum Gasteiger partial charge on any atom is 0.265 e. The number of fused-ring (bicyclic) bond motifs is 1. The van der Waals surface area contributed by atoms with E-state index in [9.17, 15) is 9.59 Å². The Kier molecular flexibility index (Phi) is 3.76. The molecule has 3 rings (SSSR count). The Balaban J connectivity index is 1.70. The van der Waals surface area contributed by atoms with Crippen LogP contribution >= 0.6 is 0 Å². The Labute approximate surface area is 122 Å². The molecule has 7 nitrogen and oxygen atoms in total. The van der Waals surface area contributed by atoms with E-state index in [1.54, 1.807) is 25.1 Å². The zero-order valence-corrected chi connectivity index (χ0v) is 11.6. The molecule has 3 N–H and O–H groups in total. The van der Waals surface area contributed by atoms with Crippen LogP contribution in [0, 0.1) is 0 Å². The van der Waals surface area contributed by atoms with Gasteiger partial charge in [-0.3, -0.25) is 9.59 Å². The molecule has 1 aromatic rings. The van der Waals surface area contributed by atoms with Crippen molar-refractivity contribution in [2.75, 3.05) is 30.4 Å². The summed E-state index contributed by atoms with van der Waals surface area (Å²) in [6, 6.07) is 4.79. The zero-order chi connectivity index (χ0) is 14.8. The second-order valence-electron chi connectivity index (χ2n) is 5.03. The van der Waals surface area contributed by atoms with Gasteiger partial charge in [0, 0.05) is 12.2 Å². The summed E-state index contributed by atoms with van der Waals surface area (Å²) in [6.45, 7) is 3.31. The molecule has 2 amide bonds. The van der Waals surface area contributed by atoms with Gasteiger partial charge >= 0.3 is 0 Å². The molecule has 0 aliphatic carbocycles. The van der Waals surface area contributed by atoms with Gasteiger partial charge in [0.05, 0.1) is 18.9 Å². The number of morpholine rings is 1. The largest absolute Gasteiger partial charge is 0.479 e. The van der Waals surface area contributed by atoms with Crippen LogP contribution < -0.4 is 20.7 Å². The fourth-order valence-electron chi connectivity index (χ4n) is 2.25. The van der Waals surface area contributed by atoms with E-state index < -0.39 is 6.10 Å². The third-order valence-electron chi connectivity index (χ3n) is 3.42. The highest BCUT2D eigenvalue weighted by Crippen LogP contribution is 2.32. The summed E-state index contributed by atoms with van der Waals surface area (Å²) in [7, 11) is 0. The normalized spacial score (nSPS) is 24.5. The van der Waals surface area contributed by atoms with Crippen molar-refractivity contribution >= 4 is 23.2 Å². The molecule has 2 heterocycles. The number of hydrogen-bond acceptors (Lipinski definition) is 5. The van der Waals surface area contributed by atoms with E-state index in [-0.39, 0.29) is 17.9 Å². The van der Waals surface area contributed by atoms with E-state index >= 15 is 0 Å². The summed E-state index contributed by atoms with van der Waals surface area (Å²) >= 11 is 0. The van der Waals surface area contributed by atoms with Gasteiger partial charge in [-0.05, 0) is 25.1 Å². The smallest absolute Gasteiger partial charge is 0.265 e. The Bertz CT molecular complexity index is 569. The number of rotatable bonds is 2. The molecule has 1 saturated heterocycles. The number of carbonyl (C=O) groups excluding carboxylic acids is 2. The predicted octanol–water partition coefficient (Wildman–Crippen LogP) is 0.333. The molecule has 2 unspecified atom stereocenters.